The molecule has 3 aromatic carbocycles. The highest BCUT2D eigenvalue weighted by Crippen LogP contribution is 2.30. The maximum Gasteiger partial charge on any atom is 0.260 e. The summed E-state index contributed by atoms with van der Waals surface area (Å²) in [5.74, 6) is -0.297. The van der Waals surface area contributed by atoms with Crippen molar-refractivity contribution < 1.29 is 22.7 Å². The zero-order valence-electron chi connectivity index (χ0n) is 20.9. The number of hydrogen-bond acceptors (Lipinski definition) is 6. The molecule has 1 aliphatic heterocycles. The number of fused-ring (bicyclic) bond motifs is 1. The zero-order valence-corrected chi connectivity index (χ0v) is 21.7. The first kappa shape index (κ1) is 26.1. The molecule has 0 saturated carbocycles. The predicted molar refractivity (Wildman–Crippen MR) is 138 cm³/mol. The average Bonchev–Trinajstić information content (AvgIpc) is 3.24. The molecule has 192 valence electrons. The fraction of sp³-hybridized carbons (Fsp3) is 0.296. The number of hydrazine groups is 1. The molecule has 0 N–H and O–H groups in total. The van der Waals surface area contributed by atoms with Crippen molar-refractivity contribution in [1.82, 2.24) is 14.3 Å². The number of amides is 2. The third-order valence-electron chi connectivity index (χ3n) is 6.43. The van der Waals surface area contributed by atoms with E-state index in [4.69, 9.17) is 4.74 Å². The van der Waals surface area contributed by atoms with Gasteiger partial charge in [-0.15, -0.1) is 0 Å². The summed E-state index contributed by atoms with van der Waals surface area (Å²) in [6.07, 6.45) is 0.223. The largest absolute Gasteiger partial charge is 0.497 e. The van der Waals surface area contributed by atoms with Gasteiger partial charge in [0.25, 0.3) is 10.0 Å². The number of likely N-dealkylation sites (tertiary alicyclic amines) is 1. The van der Waals surface area contributed by atoms with Crippen LogP contribution in [0.1, 0.15) is 31.4 Å². The van der Waals surface area contributed by atoms with Crippen molar-refractivity contribution in [2.24, 2.45) is 0 Å². The third-order valence-corrected chi connectivity index (χ3v) is 8.22. The number of nitrogens with zero attached hydrogens (tertiary/aromatic N) is 4. The Morgan fingerprint density at radius 2 is 1.89 bits per heavy atom. The molecular formula is C27H28N4O5S. The molecule has 0 unspecified atom stereocenters. The summed E-state index contributed by atoms with van der Waals surface area (Å²) in [4.78, 5) is 27.6. The van der Waals surface area contributed by atoms with Gasteiger partial charge in [-0.05, 0) is 66.1 Å². The first-order valence-electron chi connectivity index (χ1n) is 11.9. The van der Waals surface area contributed by atoms with Crippen molar-refractivity contribution in [3.8, 4) is 11.8 Å². The van der Waals surface area contributed by atoms with Gasteiger partial charge >= 0.3 is 0 Å². The molecule has 10 heteroatoms. The van der Waals surface area contributed by atoms with Crippen LogP contribution in [0.2, 0.25) is 0 Å². The zero-order chi connectivity index (χ0) is 26.7. The second kappa shape index (κ2) is 10.6. The van der Waals surface area contributed by atoms with Gasteiger partial charge in [-0.25, -0.2) is 8.42 Å². The fourth-order valence-electron chi connectivity index (χ4n) is 4.61. The molecule has 0 spiro atoms. The molecule has 37 heavy (non-hydrogen) atoms. The highest BCUT2D eigenvalue weighted by atomic mass is 32.2. The van der Waals surface area contributed by atoms with E-state index in [1.165, 1.54) is 26.2 Å². The van der Waals surface area contributed by atoms with Gasteiger partial charge in [0.15, 0.2) is 0 Å². The van der Waals surface area contributed by atoms with E-state index in [0.29, 0.717) is 23.2 Å². The van der Waals surface area contributed by atoms with Crippen LogP contribution in [-0.2, 0) is 26.2 Å². The monoisotopic (exact) mass is 520 g/mol. The van der Waals surface area contributed by atoms with Crippen molar-refractivity contribution in [3.63, 3.8) is 0 Å². The van der Waals surface area contributed by atoms with Gasteiger partial charge < -0.3 is 9.64 Å². The van der Waals surface area contributed by atoms with Crippen molar-refractivity contribution >= 4 is 32.6 Å². The number of benzene rings is 3. The lowest BCUT2D eigenvalue weighted by Crippen LogP contribution is -2.56. The smallest absolute Gasteiger partial charge is 0.260 e. The SMILES string of the molecule is CCN(C(C)=O)N([C@H]1CCN(Cc2cccc(C#N)c2)C1=O)S(=O)(=O)c1ccc2ccc(OC)cc2c1. The second-order valence-corrected chi connectivity index (χ2v) is 10.6. The van der Waals surface area contributed by atoms with E-state index < -0.39 is 27.9 Å². The summed E-state index contributed by atoms with van der Waals surface area (Å²) >= 11 is 0. The molecule has 2 amide bonds. The Bertz CT molecular complexity index is 1500. The normalized spacial score (nSPS) is 15.7. The molecule has 1 aliphatic rings. The highest BCUT2D eigenvalue weighted by Gasteiger charge is 2.45. The molecule has 9 nitrogen and oxygen atoms in total. The lowest BCUT2D eigenvalue weighted by atomic mass is 10.1. The van der Waals surface area contributed by atoms with E-state index >= 15 is 0 Å². The summed E-state index contributed by atoms with van der Waals surface area (Å²) in [7, 11) is -2.75. The molecule has 0 bridgehead atoms. The number of carbonyl (C=O) groups excluding carboxylic acids is 2. The van der Waals surface area contributed by atoms with Crippen LogP contribution in [-0.4, -0.2) is 60.8 Å². The maximum absolute atomic E-state index is 14.0. The molecule has 4 rings (SSSR count). The molecule has 3 aromatic rings. The van der Waals surface area contributed by atoms with Crippen LogP contribution < -0.4 is 4.74 Å². The summed E-state index contributed by atoms with van der Waals surface area (Å²) < 4.78 is 34.2. The molecule has 1 fully saturated rings. The average molecular weight is 521 g/mol. The van der Waals surface area contributed by atoms with Crippen LogP contribution in [0.4, 0.5) is 0 Å². The van der Waals surface area contributed by atoms with Gasteiger partial charge in [0.2, 0.25) is 11.8 Å². The Kier molecular flexibility index (Phi) is 7.47. The van der Waals surface area contributed by atoms with Crippen LogP contribution in [0.5, 0.6) is 5.75 Å². The van der Waals surface area contributed by atoms with Crippen LogP contribution in [0.25, 0.3) is 10.8 Å². The topological polar surface area (TPSA) is 111 Å². The highest BCUT2D eigenvalue weighted by molar-refractivity contribution is 7.89. The minimum atomic E-state index is -4.28. The van der Waals surface area contributed by atoms with Crippen LogP contribution >= 0.6 is 0 Å². The Hall–Kier alpha value is -3.94. The number of ether oxygens (including phenoxy) is 1. The molecular weight excluding hydrogens is 492 g/mol. The van der Waals surface area contributed by atoms with E-state index in [9.17, 15) is 23.3 Å². The van der Waals surface area contributed by atoms with E-state index in [0.717, 1.165) is 20.4 Å². The van der Waals surface area contributed by atoms with Crippen molar-refractivity contribution in [3.05, 3.63) is 71.8 Å². The van der Waals surface area contributed by atoms with Gasteiger partial charge in [0.1, 0.15) is 11.8 Å². The number of rotatable bonds is 8. The Balaban J connectivity index is 1.71. The summed E-state index contributed by atoms with van der Waals surface area (Å²) in [6.45, 7) is 3.57. The van der Waals surface area contributed by atoms with Crippen LogP contribution in [0.15, 0.2) is 65.6 Å². The van der Waals surface area contributed by atoms with Crippen molar-refractivity contribution in [1.29, 1.82) is 5.26 Å². The van der Waals surface area contributed by atoms with Crippen molar-refractivity contribution in [2.75, 3.05) is 20.2 Å². The number of nitriles is 1. The van der Waals surface area contributed by atoms with E-state index in [1.54, 1.807) is 48.2 Å². The van der Waals surface area contributed by atoms with Crippen molar-refractivity contribution in [2.45, 2.75) is 37.8 Å². The molecule has 0 radical (unpaired) electrons. The van der Waals surface area contributed by atoms with Crippen LogP contribution in [0.3, 0.4) is 0 Å². The lowest BCUT2D eigenvalue weighted by Gasteiger charge is -2.35. The summed E-state index contributed by atoms with van der Waals surface area (Å²) in [5, 5.41) is 11.8. The maximum atomic E-state index is 14.0. The minimum Gasteiger partial charge on any atom is -0.497 e. The number of carbonyl (C=O) groups is 2. The standard InChI is InChI=1S/C27H28N4O5S/c1-4-30(19(2)32)31(26-12-13-29(27(26)33)18-21-7-5-6-20(14-21)17-28)37(34,35)25-11-9-22-8-10-24(36-3)15-23(22)16-25/h5-11,14-16,26H,4,12-13,18H2,1-3H3/t26-/m0/s1. The molecule has 1 heterocycles. The van der Waals surface area contributed by atoms with Gasteiger partial charge in [0.05, 0.1) is 23.6 Å². The molecule has 1 atom stereocenters. The Morgan fingerprint density at radius 3 is 2.57 bits per heavy atom. The van der Waals surface area contributed by atoms with Gasteiger partial charge in [-0.1, -0.05) is 28.7 Å². The van der Waals surface area contributed by atoms with Gasteiger partial charge in [-0.2, -0.15) is 5.26 Å². The lowest BCUT2D eigenvalue weighted by molar-refractivity contribution is -0.145. The molecule has 0 aromatic heterocycles. The predicted octanol–water partition coefficient (Wildman–Crippen LogP) is 3.30. The number of methoxy groups -OCH3 is 1. The van der Waals surface area contributed by atoms with Gasteiger partial charge in [0, 0.05) is 26.6 Å². The van der Waals surface area contributed by atoms with Gasteiger partial charge in [-0.3, -0.25) is 14.6 Å². The van der Waals surface area contributed by atoms with E-state index in [1.807, 2.05) is 12.1 Å². The van der Waals surface area contributed by atoms with E-state index in [2.05, 4.69) is 6.07 Å². The first-order valence-corrected chi connectivity index (χ1v) is 13.3. The summed E-state index contributed by atoms with van der Waals surface area (Å²) in [6, 6.07) is 18.0. The molecule has 0 aliphatic carbocycles. The third kappa shape index (κ3) is 5.14. The Morgan fingerprint density at radius 1 is 1.14 bits per heavy atom. The first-order chi connectivity index (χ1) is 17.7. The number of hydrogen-bond donors (Lipinski definition) is 0. The summed E-state index contributed by atoms with van der Waals surface area (Å²) in [5.41, 5.74) is 1.25. The van der Waals surface area contributed by atoms with Crippen LogP contribution in [0, 0.1) is 11.3 Å². The quantitative estimate of drug-likeness (QED) is 0.422. The minimum absolute atomic E-state index is 0.0269. The Labute approximate surface area is 216 Å². The van der Waals surface area contributed by atoms with E-state index in [-0.39, 0.29) is 24.4 Å². The molecule has 1 saturated heterocycles. The number of sulfonamides is 1. The second-order valence-electron chi connectivity index (χ2n) is 8.76. The fourth-order valence-corrected chi connectivity index (χ4v) is 6.36.